The molecule has 0 unspecified atom stereocenters. The van der Waals surface area contributed by atoms with Crippen molar-refractivity contribution < 1.29 is 14.3 Å². The second-order valence-electron chi connectivity index (χ2n) is 5.77. The van der Waals surface area contributed by atoms with Crippen molar-refractivity contribution in [2.75, 3.05) is 19.5 Å². The molecule has 3 amide bonds. The number of nitrogens with one attached hydrogen (secondary N) is 2. The number of amides is 3. The van der Waals surface area contributed by atoms with Crippen LogP contribution in [0.3, 0.4) is 0 Å². The summed E-state index contributed by atoms with van der Waals surface area (Å²) in [5.74, 6) is -0.326. The highest BCUT2D eigenvalue weighted by molar-refractivity contribution is 7.99. The minimum Gasteiger partial charge on any atom is -0.383 e. The van der Waals surface area contributed by atoms with Crippen LogP contribution in [0.1, 0.15) is 4.88 Å². The van der Waals surface area contributed by atoms with Crippen molar-refractivity contribution in [1.29, 1.82) is 0 Å². The number of imide groups is 1. The van der Waals surface area contributed by atoms with Crippen molar-refractivity contribution in [3.05, 3.63) is 45.6 Å². The van der Waals surface area contributed by atoms with E-state index in [9.17, 15) is 9.59 Å². The number of aromatic nitrogens is 2. The molecule has 2 N–H and O–H groups in total. The zero-order chi connectivity index (χ0) is 19.9. The van der Waals surface area contributed by atoms with Gasteiger partial charge >= 0.3 is 6.03 Å². The molecule has 0 aliphatic heterocycles. The van der Waals surface area contributed by atoms with Crippen molar-refractivity contribution in [3.63, 3.8) is 0 Å². The maximum absolute atomic E-state index is 12.1. The van der Waals surface area contributed by atoms with Gasteiger partial charge in [0.15, 0.2) is 5.16 Å². The van der Waals surface area contributed by atoms with E-state index in [0.717, 1.165) is 15.9 Å². The zero-order valence-electron chi connectivity index (χ0n) is 15.1. The summed E-state index contributed by atoms with van der Waals surface area (Å²) in [7, 11) is 1.63. The van der Waals surface area contributed by atoms with Gasteiger partial charge in [0, 0.05) is 23.6 Å². The van der Waals surface area contributed by atoms with E-state index in [4.69, 9.17) is 16.3 Å². The summed E-state index contributed by atoms with van der Waals surface area (Å²) in [4.78, 5) is 29.5. The molecule has 0 spiro atoms. The Morgan fingerprint density at radius 2 is 2.21 bits per heavy atom. The highest BCUT2D eigenvalue weighted by Gasteiger charge is 2.14. The van der Waals surface area contributed by atoms with E-state index < -0.39 is 11.9 Å². The number of benzene rings is 1. The largest absolute Gasteiger partial charge is 0.383 e. The van der Waals surface area contributed by atoms with Crippen LogP contribution >= 0.6 is 34.7 Å². The van der Waals surface area contributed by atoms with Gasteiger partial charge in [0.2, 0.25) is 5.91 Å². The Balaban J connectivity index is 1.58. The molecule has 1 aromatic carbocycles. The van der Waals surface area contributed by atoms with Gasteiger partial charge in [-0.1, -0.05) is 29.4 Å². The molecule has 3 rings (SSSR count). The Morgan fingerprint density at radius 1 is 1.36 bits per heavy atom. The molecule has 28 heavy (non-hydrogen) atoms. The van der Waals surface area contributed by atoms with Gasteiger partial charge in [-0.2, -0.15) is 0 Å². The van der Waals surface area contributed by atoms with Crippen LogP contribution < -0.4 is 10.6 Å². The number of halogens is 1. The van der Waals surface area contributed by atoms with Crippen LogP contribution in [0.2, 0.25) is 5.02 Å². The van der Waals surface area contributed by atoms with Crippen LogP contribution in [0, 0.1) is 0 Å². The van der Waals surface area contributed by atoms with Gasteiger partial charge in [-0.3, -0.25) is 10.1 Å². The summed E-state index contributed by atoms with van der Waals surface area (Å²) in [6, 6.07) is 8.78. The van der Waals surface area contributed by atoms with Crippen molar-refractivity contribution in [1.82, 2.24) is 20.2 Å². The first-order valence-corrected chi connectivity index (χ1v) is 10.7. The number of fused-ring (bicyclic) bond motifs is 1. The highest BCUT2D eigenvalue weighted by Crippen LogP contribution is 2.26. The third kappa shape index (κ3) is 5.48. The molecule has 0 saturated carbocycles. The van der Waals surface area contributed by atoms with Gasteiger partial charge in [0.1, 0.15) is 0 Å². The lowest BCUT2D eigenvalue weighted by Crippen LogP contribution is -2.39. The Morgan fingerprint density at radius 3 is 2.96 bits per heavy atom. The molecular formula is C18H19ClN4O3S2. The second kappa shape index (κ2) is 9.92. The van der Waals surface area contributed by atoms with Gasteiger partial charge in [0.25, 0.3) is 0 Å². The van der Waals surface area contributed by atoms with Crippen LogP contribution in [0.5, 0.6) is 0 Å². The molecule has 0 atom stereocenters. The molecule has 0 aliphatic rings. The Hall–Kier alpha value is -2.07. The summed E-state index contributed by atoms with van der Waals surface area (Å²) >= 11 is 8.85. The third-order valence-electron chi connectivity index (χ3n) is 3.78. The quantitative estimate of drug-likeness (QED) is 0.525. The number of ether oxygens (including phenoxy) is 1. The fraction of sp³-hybridized carbons (Fsp3) is 0.278. The van der Waals surface area contributed by atoms with Crippen molar-refractivity contribution >= 4 is 57.7 Å². The number of nitrogens with zero attached hydrogens (tertiary/aromatic N) is 2. The SMILES string of the molecule is COCCn1c(SCC(=O)NC(=O)NCc2cccs2)nc2cc(Cl)ccc21. The van der Waals surface area contributed by atoms with Crippen LogP contribution in [-0.2, 0) is 22.6 Å². The summed E-state index contributed by atoms with van der Waals surface area (Å²) in [5.41, 5.74) is 1.67. The van der Waals surface area contributed by atoms with Crippen molar-refractivity contribution in [3.8, 4) is 0 Å². The molecule has 0 aliphatic carbocycles. The number of methoxy groups -OCH3 is 1. The minimum atomic E-state index is -0.515. The first kappa shape index (κ1) is 20.7. The third-order valence-corrected chi connectivity index (χ3v) is 5.87. The standard InChI is InChI=1S/C18H19ClN4O3S2/c1-26-7-6-23-15-5-4-12(19)9-14(15)21-18(23)28-11-16(24)22-17(25)20-10-13-3-2-8-27-13/h2-5,8-9H,6-7,10-11H2,1H3,(H2,20,22,24,25). The summed E-state index contributed by atoms with van der Waals surface area (Å²) in [6.07, 6.45) is 0. The smallest absolute Gasteiger partial charge is 0.321 e. The monoisotopic (exact) mass is 438 g/mol. The number of carbonyl (C=O) groups excluding carboxylic acids is 2. The number of urea groups is 1. The maximum Gasteiger partial charge on any atom is 0.321 e. The lowest BCUT2D eigenvalue weighted by atomic mass is 10.3. The fourth-order valence-corrected chi connectivity index (χ4v) is 4.16. The molecule has 7 nitrogen and oxygen atoms in total. The number of rotatable bonds is 8. The number of thioether (sulfide) groups is 1. The number of imidazole rings is 1. The van der Waals surface area contributed by atoms with Gasteiger partial charge in [-0.05, 0) is 29.6 Å². The van der Waals surface area contributed by atoms with Crippen molar-refractivity contribution in [2.45, 2.75) is 18.2 Å². The van der Waals surface area contributed by atoms with Gasteiger partial charge in [-0.15, -0.1) is 11.3 Å². The maximum atomic E-state index is 12.1. The van der Waals surface area contributed by atoms with E-state index in [1.165, 1.54) is 11.8 Å². The predicted molar refractivity (Wildman–Crippen MR) is 112 cm³/mol. The molecule has 10 heteroatoms. The van der Waals surface area contributed by atoms with Gasteiger partial charge in [-0.25, -0.2) is 9.78 Å². The Labute approximate surface area is 175 Å². The van der Waals surface area contributed by atoms with E-state index >= 15 is 0 Å². The average Bonchev–Trinajstić information content (AvgIpc) is 3.30. The van der Waals surface area contributed by atoms with E-state index in [-0.39, 0.29) is 5.75 Å². The molecule has 0 saturated heterocycles. The van der Waals surface area contributed by atoms with E-state index in [1.807, 2.05) is 28.1 Å². The lowest BCUT2D eigenvalue weighted by Gasteiger charge is -2.08. The minimum absolute atomic E-state index is 0.0659. The van der Waals surface area contributed by atoms with E-state index in [1.54, 1.807) is 30.6 Å². The fourth-order valence-electron chi connectivity index (χ4n) is 2.51. The Bertz CT molecular complexity index is 959. The summed E-state index contributed by atoms with van der Waals surface area (Å²) in [5, 5.41) is 8.19. The first-order valence-electron chi connectivity index (χ1n) is 8.44. The predicted octanol–water partition coefficient (Wildman–Crippen LogP) is 3.52. The number of hydrogen-bond donors (Lipinski definition) is 2. The van der Waals surface area contributed by atoms with Gasteiger partial charge < -0.3 is 14.6 Å². The molecule has 148 valence electrons. The summed E-state index contributed by atoms with van der Waals surface area (Å²) in [6.45, 7) is 1.50. The number of carbonyl (C=O) groups is 2. The molecule has 2 aromatic heterocycles. The lowest BCUT2D eigenvalue weighted by molar-refractivity contribution is -0.117. The molecular weight excluding hydrogens is 420 g/mol. The molecule has 3 aromatic rings. The second-order valence-corrected chi connectivity index (χ2v) is 8.18. The molecule has 2 heterocycles. The summed E-state index contributed by atoms with van der Waals surface area (Å²) < 4.78 is 7.14. The van der Waals surface area contributed by atoms with Gasteiger partial charge in [0.05, 0.1) is 29.9 Å². The molecule has 0 fully saturated rings. The van der Waals surface area contributed by atoms with Crippen LogP contribution in [-0.4, -0.2) is 41.0 Å². The van der Waals surface area contributed by atoms with E-state index in [0.29, 0.717) is 29.9 Å². The first-order chi connectivity index (χ1) is 13.6. The highest BCUT2D eigenvalue weighted by atomic mass is 35.5. The molecule has 0 bridgehead atoms. The van der Waals surface area contributed by atoms with Crippen LogP contribution in [0.25, 0.3) is 11.0 Å². The molecule has 0 radical (unpaired) electrons. The van der Waals surface area contributed by atoms with Crippen molar-refractivity contribution in [2.24, 2.45) is 0 Å². The number of thiophene rings is 1. The Kier molecular flexibility index (Phi) is 7.32. The topological polar surface area (TPSA) is 85.2 Å². The normalized spacial score (nSPS) is 10.9. The average molecular weight is 439 g/mol. The van der Waals surface area contributed by atoms with Crippen LogP contribution in [0.15, 0.2) is 40.9 Å². The van der Waals surface area contributed by atoms with E-state index in [2.05, 4.69) is 15.6 Å². The number of hydrogen-bond acceptors (Lipinski definition) is 6. The van der Waals surface area contributed by atoms with Crippen LogP contribution in [0.4, 0.5) is 4.79 Å². The zero-order valence-corrected chi connectivity index (χ0v) is 17.5.